The number of carbonyl (C=O) groups is 2. The molecule has 1 fully saturated rings. The van der Waals surface area contributed by atoms with Gasteiger partial charge in [-0.25, -0.2) is 0 Å². The second-order valence-corrected chi connectivity index (χ2v) is 6.71. The quantitative estimate of drug-likeness (QED) is 0.872. The molecule has 1 aromatic carbocycles. The van der Waals surface area contributed by atoms with Gasteiger partial charge in [0.05, 0.1) is 5.92 Å². The Hall–Kier alpha value is -2.04. The molecule has 2 amide bonds. The van der Waals surface area contributed by atoms with Gasteiger partial charge in [0, 0.05) is 43.5 Å². The van der Waals surface area contributed by atoms with E-state index >= 15 is 0 Å². The van der Waals surface area contributed by atoms with E-state index < -0.39 is 0 Å². The molecule has 1 unspecified atom stereocenters. The average molecular weight is 331 g/mol. The predicted octanol–water partition coefficient (Wildman–Crippen LogP) is 2.72. The fourth-order valence-electron chi connectivity index (χ4n) is 3.25. The maximum absolute atomic E-state index is 12.4. The fraction of sp³-hybridized carbons (Fsp3) is 0.579. The number of benzene rings is 1. The molecule has 24 heavy (non-hydrogen) atoms. The molecule has 1 heterocycles. The van der Waals surface area contributed by atoms with Crippen LogP contribution in [-0.4, -0.2) is 37.5 Å². The van der Waals surface area contributed by atoms with E-state index in [1.54, 1.807) is 4.90 Å². The van der Waals surface area contributed by atoms with Crippen LogP contribution in [0.5, 0.6) is 0 Å². The Labute approximate surface area is 145 Å². The summed E-state index contributed by atoms with van der Waals surface area (Å²) in [7, 11) is 0. The van der Waals surface area contributed by atoms with Crippen molar-refractivity contribution in [3.05, 3.63) is 23.8 Å². The molecule has 1 aromatic rings. The minimum atomic E-state index is -0.262. The number of anilines is 2. The third-order valence-corrected chi connectivity index (χ3v) is 4.53. The van der Waals surface area contributed by atoms with E-state index in [1.165, 1.54) is 5.69 Å². The van der Waals surface area contributed by atoms with Crippen LogP contribution in [0.25, 0.3) is 0 Å². The summed E-state index contributed by atoms with van der Waals surface area (Å²) in [6, 6.07) is 6.28. The lowest BCUT2D eigenvalue weighted by atomic mass is 10.1. The Morgan fingerprint density at radius 2 is 2.00 bits per heavy atom. The summed E-state index contributed by atoms with van der Waals surface area (Å²) in [4.78, 5) is 28.6. The van der Waals surface area contributed by atoms with E-state index in [0.29, 0.717) is 6.54 Å². The molecule has 1 N–H and O–H groups in total. The highest BCUT2D eigenvalue weighted by Crippen LogP contribution is 2.30. The largest absolute Gasteiger partial charge is 0.372 e. The standard InChI is InChI=1S/C19H29N3O2/c1-6-21(7-2)16-8-9-17(14(5)10-16)22-12-15(11-18(22)23)19(24)20-13(3)4/h8-10,13,15H,6-7,11-12H2,1-5H3,(H,20,24). The lowest BCUT2D eigenvalue weighted by molar-refractivity contribution is -0.126. The molecule has 132 valence electrons. The topological polar surface area (TPSA) is 52.6 Å². The second-order valence-electron chi connectivity index (χ2n) is 6.71. The third-order valence-electron chi connectivity index (χ3n) is 4.53. The van der Waals surface area contributed by atoms with Crippen molar-refractivity contribution in [1.82, 2.24) is 5.32 Å². The number of hydrogen-bond donors (Lipinski definition) is 1. The molecule has 1 saturated heterocycles. The molecule has 0 spiro atoms. The number of nitrogens with zero attached hydrogens (tertiary/aromatic N) is 2. The Morgan fingerprint density at radius 1 is 1.33 bits per heavy atom. The van der Waals surface area contributed by atoms with Crippen molar-refractivity contribution in [2.75, 3.05) is 29.4 Å². The van der Waals surface area contributed by atoms with Crippen molar-refractivity contribution < 1.29 is 9.59 Å². The number of rotatable bonds is 6. The van der Waals surface area contributed by atoms with Crippen LogP contribution in [0.3, 0.4) is 0 Å². The van der Waals surface area contributed by atoms with Gasteiger partial charge in [0.15, 0.2) is 0 Å². The highest BCUT2D eigenvalue weighted by molar-refractivity contribution is 6.01. The summed E-state index contributed by atoms with van der Waals surface area (Å²) in [6.45, 7) is 12.5. The van der Waals surface area contributed by atoms with Gasteiger partial charge in [0.1, 0.15) is 0 Å². The van der Waals surface area contributed by atoms with Gasteiger partial charge in [0.25, 0.3) is 0 Å². The number of aryl methyl sites for hydroxylation is 1. The molecular formula is C19H29N3O2. The molecule has 5 nitrogen and oxygen atoms in total. The minimum Gasteiger partial charge on any atom is -0.372 e. The number of carbonyl (C=O) groups excluding carboxylic acids is 2. The van der Waals surface area contributed by atoms with Gasteiger partial charge in [-0.15, -0.1) is 0 Å². The molecule has 0 radical (unpaired) electrons. The van der Waals surface area contributed by atoms with Crippen LogP contribution in [0.15, 0.2) is 18.2 Å². The van der Waals surface area contributed by atoms with Crippen LogP contribution in [0.1, 0.15) is 39.7 Å². The van der Waals surface area contributed by atoms with E-state index in [-0.39, 0.29) is 30.2 Å². The zero-order chi connectivity index (χ0) is 17.9. The molecule has 2 rings (SSSR count). The lowest BCUT2D eigenvalue weighted by Crippen LogP contribution is -2.37. The van der Waals surface area contributed by atoms with E-state index in [4.69, 9.17) is 0 Å². The van der Waals surface area contributed by atoms with E-state index in [9.17, 15) is 9.59 Å². The van der Waals surface area contributed by atoms with Gasteiger partial charge in [-0.1, -0.05) is 0 Å². The first-order chi connectivity index (χ1) is 11.4. The Kier molecular flexibility index (Phi) is 5.86. The van der Waals surface area contributed by atoms with Crippen LogP contribution < -0.4 is 15.1 Å². The maximum Gasteiger partial charge on any atom is 0.227 e. The highest BCUT2D eigenvalue weighted by atomic mass is 16.2. The zero-order valence-corrected chi connectivity index (χ0v) is 15.4. The summed E-state index contributed by atoms with van der Waals surface area (Å²) in [5.41, 5.74) is 3.15. The number of amides is 2. The average Bonchev–Trinajstić information content (AvgIpc) is 2.90. The zero-order valence-electron chi connectivity index (χ0n) is 15.4. The van der Waals surface area contributed by atoms with Gasteiger partial charge in [-0.3, -0.25) is 9.59 Å². The Balaban J connectivity index is 2.17. The molecule has 1 atom stereocenters. The molecule has 0 bridgehead atoms. The van der Waals surface area contributed by atoms with Crippen molar-refractivity contribution in [1.29, 1.82) is 0 Å². The second kappa shape index (κ2) is 7.69. The maximum atomic E-state index is 12.4. The molecule has 1 aliphatic heterocycles. The third kappa shape index (κ3) is 3.89. The minimum absolute atomic E-state index is 0.0256. The lowest BCUT2D eigenvalue weighted by Gasteiger charge is -2.24. The van der Waals surface area contributed by atoms with Crippen molar-refractivity contribution in [3.63, 3.8) is 0 Å². The summed E-state index contributed by atoms with van der Waals surface area (Å²) >= 11 is 0. The van der Waals surface area contributed by atoms with E-state index in [2.05, 4.69) is 36.2 Å². The van der Waals surface area contributed by atoms with Crippen molar-refractivity contribution >= 4 is 23.2 Å². The van der Waals surface area contributed by atoms with Crippen LogP contribution in [0.2, 0.25) is 0 Å². The molecule has 1 aliphatic rings. The van der Waals surface area contributed by atoms with Gasteiger partial charge < -0.3 is 15.1 Å². The van der Waals surface area contributed by atoms with Gasteiger partial charge in [-0.05, 0) is 58.4 Å². The molecule has 0 aliphatic carbocycles. The smallest absolute Gasteiger partial charge is 0.227 e. The van der Waals surface area contributed by atoms with Gasteiger partial charge >= 0.3 is 0 Å². The van der Waals surface area contributed by atoms with E-state index in [1.807, 2.05) is 26.8 Å². The van der Waals surface area contributed by atoms with Crippen molar-refractivity contribution in [2.24, 2.45) is 5.92 Å². The van der Waals surface area contributed by atoms with Crippen LogP contribution in [0, 0.1) is 12.8 Å². The first-order valence-corrected chi connectivity index (χ1v) is 8.83. The summed E-state index contributed by atoms with van der Waals surface area (Å²) in [5.74, 6) is -0.266. The summed E-state index contributed by atoms with van der Waals surface area (Å²) < 4.78 is 0. The van der Waals surface area contributed by atoms with Crippen LogP contribution in [-0.2, 0) is 9.59 Å². The Morgan fingerprint density at radius 3 is 2.54 bits per heavy atom. The van der Waals surface area contributed by atoms with Crippen LogP contribution in [0.4, 0.5) is 11.4 Å². The molecule has 0 saturated carbocycles. The highest BCUT2D eigenvalue weighted by Gasteiger charge is 2.35. The fourth-order valence-corrected chi connectivity index (χ4v) is 3.25. The van der Waals surface area contributed by atoms with Crippen molar-refractivity contribution in [2.45, 2.75) is 47.1 Å². The Bertz CT molecular complexity index is 609. The monoisotopic (exact) mass is 331 g/mol. The first kappa shape index (κ1) is 18.3. The predicted molar refractivity (Wildman–Crippen MR) is 98.5 cm³/mol. The SMILES string of the molecule is CCN(CC)c1ccc(N2CC(C(=O)NC(C)C)CC2=O)c(C)c1. The summed E-state index contributed by atoms with van der Waals surface area (Å²) in [6.07, 6.45) is 0.287. The number of hydrogen-bond acceptors (Lipinski definition) is 3. The van der Waals surface area contributed by atoms with Crippen molar-refractivity contribution in [3.8, 4) is 0 Å². The summed E-state index contributed by atoms with van der Waals surface area (Å²) in [5, 5.41) is 2.91. The van der Waals surface area contributed by atoms with Gasteiger partial charge in [0.2, 0.25) is 11.8 Å². The molecular weight excluding hydrogens is 302 g/mol. The molecule has 5 heteroatoms. The first-order valence-electron chi connectivity index (χ1n) is 8.83. The normalized spacial score (nSPS) is 17.5. The molecule has 0 aromatic heterocycles. The van der Waals surface area contributed by atoms with Gasteiger partial charge in [-0.2, -0.15) is 0 Å². The van der Waals surface area contributed by atoms with E-state index in [0.717, 1.165) is 24.3 Å². The van der Waals surface area contributed by atoms with Crippen LogP contribution >= 0.6 is 0 Å². The number of nitrogens with one attached hydrogen (secondary N) is 1.